The van der Waals surface area contributed by atoms with Crippen molar-refractivity contribution >= 4 is 11.6 Å². The summed E-state index contributed by atoms with van der Waals surface area (Å²) in [7, 11) is 0. The Labute approximate surface area is 103 Å². The van der Waals surface area contributed by atoms with Crippen LogP contribution < -0.4 is 10.6 Å². The number of anilines is 2. The zero-order valence-corrected chi connectivity index (χ0v) is 10.6. The predicted octanol–water partition coefficient (Wildman–Crippen LogP) is 2.49. The summed E-state index contributed by atoms with van der Waals surface area (Å²) in [6.45, 7) is 5.99. The summed E-state index contributed by atoms with van der Waals surface area (Å²) in [5.74, 6) is 1.82. The zero-order valence-electron chi connectivity index (χ0n) is 10.6. The van der Waals surface area contributed by atoms with Crippen molar-refractivity contribution in [2.45, 2.75) is 38.8 Å². The highest BCUT2D eigenvalue weighted by molar-refractivity contribution is 5.45. The molecular formula is C13H21N3O. The molecule has 4 heteroatoms. The smallest absolute Gasteiger partial charge is 0.128 e. The van der Waals surface area contributed by atoms with E-state index in [-0.39, 0.29) is 0 Å². The number of nitrogens with one attached hydrogen (secondary N) is 2. The van der Waals surface area contributed by atoms with Crippen molar-refractivity contribution in [3.63, 3.8) is 0 Å². The first kappa shape index (κ1) is 12.2. The maximum Gasteiger partial charge on any atom is 0.128 e. The van der Waals surface area contributed by atoms with Gasteiger partial charge in [-0.25, -0.2) is 4.98 Å². The van der Waals surface area contributed by atoms with Gasteiger partial charge < -0.3 is 15.4 Å². The fourth-order valence-electron chi connectivity index (χ4n) is 2.12. The molecule has 2 unspecified atom stereocenters. The van der Waals surface area contributed by atoms with Crippen molar-refractivity contribution < 1.29 is 4.74 Å². The first-order valence-electron chi connectivity index (χ1n) is 6.38. The van der Waals surface area contributed by atoms with E-state index in [9.17, 15) is 0 Å². The SMILES string of the molecule is CCNc1cccc(NC(C)C2CCCO2)n1. The van der Waals surface area contributed by atoms with Gasteiger partial charge in [0, 0.05) is 13.2 Å². The molecule has 1 aromatic heterocycles. The van der Waals surface area contributed by atoms with Crippen molar-refractivity contribution in [3.05, 3.63) is 18.2 Å². The van der Waals surface area contributed by atoms with E-state index in [1.54, 1.807) is 0 Å². The van der Waals surface area contributed by atoms with Crippen molar-refractivity contribution in [1.29, 1.82) is 0 Å². The Morgan fingerprint density at radius 2 is 2.29 bits per heavy atom. The van der Waals surface area contributed by atoms with Gasteiger partial charge in [-0.2, -0.15) is 0 Å². The monoisotopic (exact) mass is 235 g/mol. The Hall–Kier alpha value is -1.29. The van der Waals surface area contributed by atoms with Crippen LogP contribution in [0.2, 0.25) is 0 Å². The van der Waals surface area contributed by atoms with Gasteiger partial charge in [0.05, 0.1) is 12.1 Å². The van der Waals surface area contributed by atoms with Crippen molar-refractivity contribution in [2.24, 2.45) is 0 Å². The summed E-state index contributed by atoms with van der Waals surface area (Å²) in [6.07, 6.45) is 2.63. The van der Waals surface area contributed by atoms with Crippen molar-refractivity contribution in [1.82, 2.24) is 4.98 Å². The molecule has 0 amide bonds. The number of aromatic nitrogens is 1. The van der Waals surface area contributed by atoms with E-state index in [1.807, 2.05) is 18.2 Å². The molecule has 0 saturated carbocycles. The molecule has 1 saturated heterocycles. The normalized spacial score (nSPS) is 21.2. The highest BCUT2D eigenvalue weighted by atomic mass is 16.5. The van der Waals surface area contributed by atoms with Crippen LogP contribution in [0.15, 0.2) is 18.2 Å². The van der Waals surface area contributed by atoms with Gasteiger partial charge in [0.1, 0.15) is 11.6 Å². The van der Waals surface area contributed by atoms with Crippen LogP contribution in [-0.2, 0) is 4.74 Å². The van der Waals surface area contributed by atoms with Gasteiger partial charge >= 0.3 is 0 Å². The van der Waals surface area contributed by atoms with Crippen LogP contribution in [0.4, 0.5) is 11.6 Å². The Morgan fingerprint density at radius 3 is 3.00 bits per heavy atom. The van der Waals surface area contributed by atoms with Crippen LogP contribution in [-0.4, -0.2) is 30.3 Å². The largest absolute Gasteiger partial charge is 0.376 e. The highest BCUT2D eigenvalue weighted by Gasteiger charge is 2.22. The fourth-order valence-corrected chi connectivity index (χ4v) is 2.12. The Bertz CT molecular complexity index is 350. The first-order chi connectivity index (χ1) is 8.29. The van der Waals surface area contributed by atoms with Crippen LogP contribution in [0.25, 0.3) is 0 Å². The molecule has 0 radical (unpaired) electrons. The topological polar surface area (TPSA) is 46.2 Å². The van der Waals surface area contributed by atoms with E-state index >= 15 is 0 Å². The molecule has 2 rings (SSSR count). The molecule has 1 aliphatic rings. The molecule has 2 heterocycles. The summed E-state index contributed by atoms with van der Waals surface area (Å²) >= 11 is 0. The second-order valence-corrected chi connectivity index (χ2v) is 4.42. The van der Waals surface area contributed by atoms with Crippen molar-refractivity contribution in [3.8, 4) is 0 Å². The minimum atomic E-state index is 0.307. The number of rotatable bonds is 5. The number of ether oxygens (including phenoxy) is 1. The van der Waals surface area contributed by atoms with Gasteiger partial charge in [-0.05, 0) is 38.8 Å². The Balaban J connectivity index is 1.94. The van der Waals surface area contributed by atoms with Gasteiger partial charge in [0.25, 0.3) is 0 Å². The lowest BCUT2D eigenvalue weighted by atomic mass is 10.1. The van der Waals surface area contributed by atoms with Crippen LogP contribution >= 0.6 is 0 Å². The quantitative estimate of drug-likeness (QED) is 0.823. The summed E-state index contributed by atoms with van der Waals surface area (Å²) in [5.41, 5.74) is 0. The predicted molar refractivity (Wildman–Crippen MR) is 70.5 cm³/mol. The summed E-state index contributed by atoms with van der Waals surface area (Å²) in [6, 6.07) is 6.29. The van der Waals surface area contributed by atoms with E-state index < -0.39 is 0 Å². The van der Waals surface area contributed by atoms with Gasteiger partial charge in [0.2, 0.25) is 0 Å². The number of hydrogen-bond acceptors (Lipinski definition) is 4. The van der Waals surface area contributed by atoms with E-state index in [0.29, 0.717) is 12.1 Å². The molecule has 4 nitrogen and oxygen atoms in total. The summed E-state index contributed by atoms with van der Waals surface area (Å²) in [5, 5.41) is 6.61. The summed E-state index contributed by atoms with van der Waals surface area (Å²) in [4.78, 5) is 4.50. The van der Waals surface area contributed by atoms with E-state index in [1.165, 1.54) is 6.42 Å². The van der Waals surface area contributed by atoms with Crippen molar-refractivity contribution in [2.75, 3.05) is 23.8 Å². The molecular weight excluding hydrogens is 214 g/mol. The Morgan fingerprint density at radius 1 is 1.47 bits per heavy atom. The third kappa shape index (κ3) is 3.33. The molecule has 17 heavy (non-hydrogen) atoms. The second-order valence-electron chi connectivity index (χ2n) is 4.42. The molecule has 1 aromatic rings. The molecule has 0 aliphatic carbocycles. The highest BCUT2D eigenvalue weighted by Crippen LogP contribution is 2.18. The van der Waals surface area contributed by atoms with E-state index in [0.717, 1.165) is 31.2 Å². The lowest BCUT2D eigenvalue weighted by Crippen LogP contribution is -2.30. The molecule has 1 fully saturated rings. The minimum absolute atomic E-state index is 0.307. The molecule has 2 N–H and O–H groups in total. The van der Waals surface area contributed by atoms with Gasteiger partial charge in [-0.3, -0.25) is 0 Å². The molecule has 1 aliphatic heterocycles. The first-order valence-corrected chi connectivity index (χ1v) is 6.38. The zero-order chi connectivity index (χ0) is 12.1. The third-order valence-electron chi connectivity index (χ3n) is 3.01. The van der Waals surface area contributed by atoms with Crippen LogP contribution in [0.3, 0.4) is 0 Å². The average molecular weight is 235 g/mol. The van der Waals surface area contributed by atoms with Gasteiger partial charge in [0.15, 0.2) is 0 Å². The van der Waals surface area contributed by atoms with Crippen LogP contribution in [0.5, 0.6) is 0 Å². The number of nitrogens with zero attached hydrogens (tertiary/aromatic N) is 1. The van der Waals surface area contributed by atoms with Gasteiger partial charge in [-0.15, -0.1) is 0 Å². The standard InChI is InChI=1S/C13H21N3O/c1-3-14-12-7-4-8-13(16-12)15-10(2)11-6-5-9-17-11/h4,7-8,10-11H,3,5-6,9H2,1-2H3,(H2,14,15,16). The average Bonchev–Trinajstić information content (AvgIpc) is 2.83. The molecule has 0 bridgehead atoms. The lowest BCUT2D eigenvalue weighted by Gasteiger charge is -2.20. The van der Waals surface area contributed by atoms with E-state index in [4.69, 9.17) is 4.74 Å². The van der Waals surface area contributed by atoms with E-state index in [2.05, 4.69) is 29.5 Å². The minimum Gasteiger partial charge on any atom is -0.376 e. The summed E-state index contributed by atoms with van der Waals surface area (Å²) < 4.78 is 5.66. The number of hydrogen-bond donors (Lipinski definition) is 2. The second kappa shape index (κ2) is 5.87. The molecule has 0 spiro atoms. The fraction of sp³-hybridized carbons (Fsp3) is 0.615. The Kier molecular flexibility index (Phi) is 4.20. The van der Waals surface area contributed by atoms with Crippen LogP contribution in [0.1, 0.15) is 26.7 Å². The maximum atomic E-state index is 5.66. The van der Waals surface area contributed by atoms with Gasteiger partial charge in [-0.1, -0.05) is 6.07 Å². The number of pyridine rings is 1. The van der Waals surface area contributed by atoms with Crippen LogP contribution in [0, 0.1) is 0 Å². The molecule has 94 valence electrons. The maximum absolute atomic E-state index is 5.66. The molecule has 0 aromatic carbocycles. The third-order valence-corrected chi connectivity index (χ3v) is 3.01. The lowest BCUT2D eigenvalue weighted by molar-refractivity contribution is 0.0995. The molecule has 2 atom stereocenters.